The third-order valence-electron chi connectivity index (χ3n) is 2.79. The largest absolute Gasteiger partial charge is 0.468 e. The lowest BCUT2D eigenvalue weighted by atomic mass is 9.99. The van der Waals surface area contributed by atoms with Crippen molar-refractivity contribution in [3.8, 4) is 0 Å². The van der Waals surface area contributed by atoms with E-state index in [-0.39, 0.29) is 6.04 Å². The number of aliphatic hydroxyl groups excluding tert-OH is 1. The van der Waals surface area contributed by atoms with E-state index in [0.717, 1.165) is 5.56 Å². The van der Waals surface area contributed by atoms with Gasteiger partial charge < -0.3 is 15.2 Å². The molecular weight excluding hydrogens is 254 g/mol. The van der Waals surface area contributed by atoms with E-state index in [1.807, 2.05) is 30.3 Å². The van der Waals surface area contributed by atoms with Crippen LogP contribution < -0.4 is 5.32 Å². The zero-order chi connectivity index (χ0) is 13.5. The number of esters is 1. The van der Waals surface area contributed by atoms with Crippen molar-refractivity contribution >= 4 is 17.6 Å². The van der Waals surface area contributed by atoms with Gasteiger partial charge >= 0.3 is 5.97 Å². The molecule has 3 atom stereocenters. The third-order valence-corrected chi connectivity index (χ3v) is 3.26. The molecule has 0 saturated carbocycles. The van der Waals surface area contributed by atoms with Crippen molar-refractivity contribution in [2.75, 3.05) is 14.2 Å². The average Bonchev–Trinajstić information content (AvgIpc) is 2.43. The number of carbonyl (C=O) groups is 1. The zero-order valence-corrected chi connectivity index (χ0v) is 11.2. The van der Waals surface area contributed by atoms with Gasteiger partial charge in [0.15, 0.2) is 5.38 Å². The fourth-order valence-corrected chi connectivity index (χ4v) is 1.93. The number of halogens is 1. The smallest absolute Gasteiger partial charge is 0.326 e. The van der Waals surface area contributed by atoms with Gasteiger partial charge in [-0.05, 0) is 19.0 Å². The number of methoxy groups -OCH3 is 1. The Morgan fingerprint density at radius 1 is 1.44 bits per heavy atom. The van der Waals surface area contributed by atoms with Crippen LogP contribution in [0.4, 0.5) is 0 Å². The van der Waals surface area contributed by atoms with Crippen LogP contribution in [-0.2, 0) is 9.53 Å². The fourth-order valence-electron chi connectivity index (χ4n) is 1.74. The summed E-state index contributed by atoms with van der Waals surface area (Å²) in [5.74, 6) is -0.618. The summed E-state index contributed by atoms with van der Waals surface area (Å²) in [5, 5.41) is 12.0. The Labute approximate surface area is 112 Å². The molecule has 1 aromatic rings. The Morgan fingerprint density at radius 2 is 2.06 bits per heavy atom. The summed E-state index contributed by atoms with van der Waals surface area (Å²) < 4.78 is 4.50. The molecule has 5 heteroatoms. The van der Waals surface area contributed by atoms with Crippen LogP contribution in [0.3, 0.4) is 0 Å². The van der Waals surface area contributed by atoms with Gasteiger partial charge in [0.25, 0.3) is 0 Å². The van der Waals surface area contributed by atoms with Gasteiger partial charge in [-0.1, -0.05) is 30.3 Å². The summed E-state index contributed by atoms with van der Waals surface area (Å²) in [4.78, 5) is 11.2. The molecule has 0 aliphatic carbocycles. The maximum absolute atomic E-state index is 11.2. The van der Waals surface area contributed by atoms with Crippen molar-refractivity contribution in [1.82, 2.24) is 5.32 Å². The van der Waals surface area contributed by atoms with Crippen molar-refractivity contribution in [1.29, 1.82) is 0 Å². The predicted molar refractivity (Wildman–Crippen MR) is 70.5 cm³/mol. The van der Waals surface area contributed by atoms with Gasteiger partial charge in [0.05, 0.1) is 13.2 Å². The average molecular weight is 272 g/mol. The molecule has 2 N–H and O–H groups in total. The van der Waals surface area contributed by atoms with Gasteiger partial charge in [-0.3, -0.25) is 4.79 Å². The molecule has 0 saturated heterocycles. The second kappa shape index (κ2) is 7.36. The summed E-state index contributed by atoms with van der Waals surface area (Å²) in [7, 11) is 3.04. The van der Waals surface area contributed by atoms with E-state index in [9.17, 15) is 9.90 Å². The highest BCUT2D eigenvalue weighted by Gasteiger charge is 2.27. The third kappa shape index (κ3) is 3.98. The predicted octanol–water partition coefficient (Wildman–Crippen LogP) is 1.48. The van der Waals surface area contributed by atoms with Crippen molar-refractivity contribution in [2.45, 2.75) is 23.9 Å². The monoisotopic (exact) mass is 271 g/mol. The lowest BCUT2D eigenvalue weighted by Crippen LogP contribution is -2.33. The number of aliphatic hydroxyl groups is 1. The van der Waals surface area contributed by atoms with Crippen molar-refractivity contribution in [2.24, 2.45) is 0 Å². The minimum absolute atomic E-state index is 0.0629. The van der Waals surface area contributed by atoms with Crippen LogP contribution in [0.15, 0.2) is 30.3 Å². The van der Waals surface area contributed by atoms with E-state index >= 15 is 0 Å². The quantitative estimate of drug-likeness (QED) is 0.608. The number of ether oxygens (including phenoxy) is 1. The van der Waals surface area contributed by atoms with Crippen LogP contribution in [0.1, 0.15) is 18.0 Å². The molecule has 1 aromatic carbocycles. The molecule has 0 amide bonds. The van der Waals surface area contributed by atoms with Crippen LogP contribution >= 0.6 is 11.6 Å². The molecule has 0 bridgehead atoms. The number of carbonyl (C=O) groups excluding carboxylic acids is 1. The van der Waals surface area contributed by atoms with Crippen LogP contribution in [-0.4, -0.2) is 36.7 Å². The van der Waals surface area contributed by atoms with Crippen LogP contribution in [0.5, 0.6) is 0 Å². The molecule has 0 fully saturated rings. The number of rotatable bonds is 6. The SMILES string of the molecule is CNC(CC(O)C(Cl)C(=O)OC)c1ccccc1. The first-order valence-electron chi connectivity index (χ1n) is 5.72. The molecule has 18 heavy (non-hydrogen) atoms. The maximum Gasteiger partial charge on any atom is 0.326 e. The Balaban J connectivity index is 2.66. The van der Waals surface area contributed by atoms with Crippen LogP contribution in [0, 0.1) is 0 Å². The highest BCUT2D eigenvalue weighted by molar-refractivity contribution is 6.30. The Bertz CT molecular complexity index is 372. The molecule has 0 aliphatic rings. The molecular formula is C13H18ClNO3. The highest BCUT2D eigenvalue weighted by Crippen LogP contribution is 2.21. The number of benzene rings is 1. The van der Waals surface area contributed by atoms with E-state index in [2.05, 4.69) is 10.1 Å². The Morgan fingerprint density at radius 3 is 2.56 bits per heavy atom. The van der Waals surface area contributed by atoms with Crippen molar-refractivity contribution in [3.63, 3.8) is 0 Å². The molecule has 0 heterocycles. The lowest BCUT2D eigenvalue weighted by molar-refractivity contribution is -0.142. The molecule has 4 nitrogen and oxygen atoms in total. The standard InChI is InChI=1S/C13H18ClNO3/c1-15-10(9-6-4-3-5-7-9)8-11(16)12(14)13(17)18-2/h3-7,10-12,15-16H,8H2,1-2H3. The molecule has 0 aliphatic heterocycles. The summed E-state index contributed by atoms with van der Waals surface area (Å²) in [6.45, 7) is 0. The van der Waals surface area contributed by atoms with Gasteiger partial charge in [0, 0.05) is 6.04 Å². The maximum atomic E-state index is 11.2. The second-order valence-corrected chi connectivity index (χ2v) is 4.45. The molecule has 0 aromatic heterocycles. The van der Waals surface area contributed by atoms with Gasteiger partial charge in [0.1, 0.15) is 0 Å². The molecule has 0 radical (unpaired) electrons. The first-order valence-corrected chi connectivity index (χ1v) is 6.16. The topological polar surface area (TPSA) is 58.6 Å². The van der Waals surface area contributed by atoms with Gasteiger partial charge in [0.2, 0.25) is 0 Å². The fraction of sp³-hybridized carbons (Fsp3) is 0.462. The molecule has 100 valence electrons. The first kappa shape index (κ1) is 15.0. The Kier molecular flexibility index (Phi) is 6.12. The highest BCUT2D eigenvalue weighted by atomic mass is 35.5. The van der Waals surface area contributed by atoms with Gasteiger partial charge in [-0.15, -0.1) is 11.6 Å². The minimum Gasteiger partial charge on any atom is -0.468 e. The molecule has 1 rings (SSSR count). The van der Waals surface area contributed by atoms with E-state index < -0.39 is 17.5 Å². The summed E-state index contributed by atoms with van der Waals surface area (Å²) >= 11 is 5.82. The van der Waals surface area contributed by atoms with Crippen LogP contribution in [0.25, 0.3) is 0 Å². The first-order chi connectivity index (χ1) is 8.60. The number of alkyl halides is 1. The van der Waals surface area contributed by atoms with E-state index in [1.54, 1.807) is 7.05 Å². The lowest BCUT2D eigenvalue weighted by Gasteiger charge is -2.22. The second-order valence-electron chi connectivity index (χ2n) is 3.98. The number of hydrogen-bond acceptors (Lipinski definition) is 4. The van der Waals surface area contributed by atoms with Gasteiger partial charge in [-0.2, -0.15) is 0 Å². The summed E-state index contributed by atoms with van der Waals surface area (Å²) in [6, 6.07) is 9.61. The van der Waals surface area contributed by atoms with E-state index in [0.29, 0.717) is 6.42 Å². The van der Waals surface area contributed by atoms with E-state index in [1.165, 1.54) is 7.11 Å². The molecule has 3 unspecified atom stereocenters. The summed E-state index contributed by atoms with van der Waals surface area (Å²) in [6.07, 6.45) is -0.624. The zero-order valence-electron chi connectivity index (χ0n) is 10.5. The van der Waals surface area contributed by atoms with Crippen molar-refractivity contribution in [3.05, 3.63) is 35.9 Å². The van der Waals surface area contributed by atoms with E-state index in [4.69, 9.17) is 11.6 Å². The summed E-state index contributed by atoms with van der Waals surface area (Å²) in [5.41, 5.74) is 1.03. The number of hydrogen-bond donors (Lipinski definition) is 2. The number of nitrogens with one attached hydrogen (secondary N) is 1. The normalized spacial score (nSPS) is 15.8. The minimum atomic E-state index is -1.05. The van der Waals surface area contributed by atoms with Gasteiger partial charge in [-0.25, -0.2) is 0 Å². The Hall–Kier alpha value is -1.10. The molecule has 0 spiro atoms. The van der Waals surface area contributed by atoms with Crippen LogP contribution in [0.2, 0.25) is 0 Å². The van der Waals surface area contributed by atoms with Crippen molar-refractivity contribution < 1.29 is 14.6 Å².